The van der Waals surface area contributed by atoms with E-state index in [1.807, 2.05) is 40.9 Å². The van der Waals surface area contributed by atoms with Crippen molar-refractivity contribution < 1.29 is 13.6 Å². The maximum atomic E-state index is 13.0. The first-order valence-electron chi connectivity index (χ1n) is 9.45. The average Bonchev–Trinajstić information content (AvgIpc) is 3.54. The number of carbonyl (C=O) groups is 1. The maximum Gasteiger partial charge on any atom is 0.265 e. The molecule has 1 aliphatic rings. The van der Waals surface area contributed by atoms with Crippen molar-refractivity contribution in [2.45, 2.75) is 25.7 Å². The Balaban J connectivity index is 1.26. The minimum absolute atomic E-state index is 0.0430. The lowest BCUT2D eigenvalue weighted by Gasteiger charge is -2.30. The van der Waals surface area contributed by atoms with Crippen LogP contribution in [0.2, 0.25) is 0 Å². The summed E-state index contributed by atoms with van der Waals surface area (Å²) in [6.07, 6.45) is 8.60. The van der Waals surface area contributed by atoms with E-state index < -0.39 is 0 Å². The van der Waals surface area contributed by atoms with Crippen LogP contribution in [0.15, 0.2) is 52.0 Å². The van der Waals surface area contributed by atoms with Crippen molar-refractivity contribution in [3.05, 3.63) is 59.6 Å². The van der Waals surface area contributed by atoms with Crippen molar-refractivity contribution in [3.63, 3.8) is 0 Å². The van der Waals surface area contributed by atoms with Gasteiger partial charge in [0.25, 0.3) is 11.8 Å². The van der Waals surface area contributed by atoms with E-state index in [1.54, 1.807) is 18.6 Å². The fourth-order valence-electron chi connectivity index (χ4n) is 3.53. The Labute approximate surface area is 170 Å². The van der Waals surface area contributed by atoms with Gasteiger partial charge in [-0.2, -0.15) is 0 Å². The first-order chi connectivity index (χ1) is 14.2. The summed E-state index contributed by atoms with van der Waals surface area (Å²) >= 11 is 1.43. The topological polar surface area (TPSA) is 90.2 Å². The second kappa shape index (κ2) is 7.32. The molecule has 0 radical (unpaired) electrons. The standard InChI is InChI=1S/C20H19N5O3S/c1-13-16(29-20(21-13)25-7-2-3-8-25)19(26)24-9-4-14(5-10-24)17-22-23-18(28-17)15-6-11-27-12-15/h2-3,6-8,11-12,14H,4-5,9-10H2,1H3. The minimum atomic E-state index is 0.0430. The van der Waals surface area contributed by atoms with Gasteiger partial charge in [0.05, 0.1) is 17.5 Å². The molecule has 1 fully saturated rings. The molecule has 4 aromatic rings. The van der Waals surface area contributed by atoms with Crippen LogP contribution in [0.3, 0.4) is 0 Å². The number of thiazole rings is 1. The van der Waals surface area contributed by atoms with E-state index >= 15 is 0 Å². The van der Waals surface area contributed by atoms with Gasteiger partial charge in [-0.25, -0.2) is 4.98 Å². The summed E-state index contributed by atoms with van der Waals surface area (Å²) in [6, 6.07) is 5.68. The SMILES string of the molecule is Cc1nc(-n2cccc2)sc1C(=O)N1CCC(c2nnc(-c3ccoc3)o2)CC1. The highest BCUT2D eigenvalue weighted by atomic mass is 32.1. The quantitative estimate of drug-likeness (QED) is 0.508. The first-order valence-corrected chi connectivity index (χ1v) is 10.3. The van der Waals surface area contributed by atoms with Gasteiger partial charge in [0.15, 0.2) is 5.13 Å². The van der Waals surface area contributed by atoms with Gasteiger partial charge in [-0.3, -0.25) is 4.79 Å². The third-order valence-corrected chi connectivity index (χ3v) is 6.30. The normalized spacial score (nSPS) is 15.1. The second-order valence-electron chi connectivity index (χ2n) is 7.03. The molecule has 0 saturated carbocycles. The predicted octanol–water partition coefficient (Wildman–Crippen LogP) is 3.91. The Morgan fingerprint density at radius 3 is 2.72 bits per heavy atom. The van der Waals surface area contributed by atoms with Crippen LogP contribution in [0.5, 0.6) is 0 Å². The zero-order valence-electron chi connectivity index (χ0n) is 15.8. The van der Waals surface area contributed by atoms with Gasteiger partial charge in [-0.05, 0) is 38.0 Å². The predicted molar refractivity (Wildman–Crippen MR) is 106 cm³/mol. The van der Waals surface area contributed by atoms with Gasteiger partial charge >= 0.3 is 0 Å². The Kier molecular flexibility index (Phi) is 4.51. The number of likely N-dealkylation sites (tertiary alicyclic amines) is 1. The summed E-state index contributed by atoms with van der Waals surface area (Å²) < 4.78 is 12.8. The van der Waals surface area contributed by atoms with Crippen molar-refractivity contribution in [1.82, 2.24) is 24.6 Å². The molecule has 5 heterocycles. The highest BCUT2D eigenvalue weighted by molar-refractivity contribution is 7.16. The molecule has 0 bridgehead atoms. The van der Waals surface area contributed by atoms with Gasteiger partial charge in [0, 0.05) is 31.4 Å². The molecule has 1 aliphatic heterocycles. The second-order valence-corrected chi connectivity index (χ2v) is 8.00. The fourth-order valence-corrected chi connectivity index (χ4v) is 4.53. The number of carbonyl (C=O) groups excluding carboxylic acids is 1. The van der Waals surface area contributed by atoms with E-state index in [4.69, 9.17) is 8.83 Å². The molecule has 1 saturated heterocycles. The van der Waals surface area contributed by atoms with Crippen molar-refractivity contribution in [3.8, 4) is 16.6 Å². The summed E-state index contributed by atoms with van der Waals surface area (Å²) in [5.41, 5.74) is 1.54. The zero-order chi connectivity index (χ0) is 19.8. The molecule has 5 rings (SSSR count). The Bertz CT molecular complexity index is 1110. The van der Waals surface area contributed by atoms with Crippen LogP contribution in [0.1, 0.15) is 40.0 Å². The smallest absolute Gasteiger partial charge is 0.265 e. The van der Waals surface area contributed by atoms with E-state index in [9.17, 15) is 4.79 Å². The molecule has 0 aliphatic carbocycles. The monoisotopic (exact) mass is 409 g/mol. The van der Waals surface area contributed by atoms with E-state index in [2.05, 4.69) is 15.2 Å². The summed E-state index contributed by atoms with van der Waals surface area (Å²) in [7, 11) is 0. The molecule has 1 amide bonds. The van der Waals surface area contributed by atoms with Crippen LogP contribution in [0.4, 0.5) is 0 Å². The summed E-state index contributed by atoms with van der Waals surface area (Å²) in [4.78, 5) is 20.2. The van der Waals surface area contributed by atoms with Gasteiger partial charge in [0.1, 0.15) is 11.1 Å². The molecule has 29 heavy (non-hydrogen) atoms. The van der Waals surface area contributed by atoms with Crippen LogP contribution < -0.4 is 0 Å². The Morgan fingerprint density at radius 2 is 2.00 bits per heavy atom. The zero-order valence-corrected chi connectivity index (χ0v) is 16.6. The lowest BCUT2D eigenvalue weighted by molar-refractivity contribution is 0.0710. The number of furan rings is 1. The molecule has 9 heteroatoms. The molecule has 0 aromatic carbocycles. The van der Waals surface area contributed by atoms with Crippen molar-refractivity contribution in [2.24, 2.45) is 0 Å². The number of piperidine rings is 1. The van der Waals surface area contributed by atoms with Gasteiger partial charge in [0.2, 0.25) is 5.89 Å². The number of aryl methyl sites for hydroxylation is 1. The molecule has 0 spiro atoms. The fraction of sp³-hybridized carbons (Fsp3) is 0.300. The molecule has 0 unspecified atom stereocenters. The van der Waals surface area contributed by atoms with E-state index in [-0.39, 0.29) is 11.8 Å². The van der Waals surface area contributed by atoms with E-state index in [1.165, 1.54) is 11.3 Å². The van der Waals surface area contributed by atoms with Gasteiger partial charge in [-0.15, -0.1) is 10.2 Å². The van der Waals surface area contributed by atoms with Crippen molar-refractivity contribution in [2.75, 3.05) is 13.1 Å². The van der Waals surface area contributed by atoms with Gasteiger partial charge < -0.3 is 18.3 Å². The Morgan fingerprint density at radius 1 is 1.21 bits per heavy atom. The highest BCUT2D eigenvalue weighted by Crippen LogP contribution is 2.31. The molecule has 4 aromatic heterocycles. The summed E-state index contributed by atoms with van der Waals surface area (Å²) in [5.74, 6) is 1.29. The van der Waals surface area contributed by atoms with Crippen LogP contribution in [-0.4, -0.2) is 43.6 Å². The van der Waals surface area contributed by atoms with E-state index in [0.29, 0.717) is 29.7 Å². The molecular formula is C20H19N5O3S. The number of rotatable bonds is 4. The number of hydrogen-bond donors (Lipinski definition) is 0. The highest BCUT2D eigenvalue weighted by Gasteiger charge is 2.30. The van der Waals surface area contributed by atoms with Crippen LogP contribution in [0, 0.1) is 6.92 Å². The summed E-state index contributed by atoms with van der Waals surface area (Å²) in [5, 5.41) is 9.11. The Hall–Kier alpha value is -3.20. The third-order valence-electron chi connectivity index (χ3n) is 5.15. The molecule has 0 N–H and O–H groups in total. The van der Waals surface area contributed by atoms with Crippen LogP contribution in [0.25, 0.3) is 16.6 Å². The number of aromatic nitrogens is 4. The van der Waals surface area contributed by atoms with Crippen molar-refractivity contribution >= 4 is 17.2 Å². The number of hydrogen-bond acceptors (Lipinski definition) is 7. The van der Waals surface area contributed by atoms with Crippen LogP contribution in [-0.2, 0) is 0 Å². The van der Waals surface area contributed by atoms with Gasteiger partial charge in [-0.1, -0.05) is 11.3 Å². The molecule has 8 nitrogen and oxygen atoms in total. The molecule has 0 atom stereocenters. The maximum absolute atomic E-state index is 13.0. The molecule has 148 valence electrons. The summed E-state index contributed by atoms with van der Waals surface area (Å²) in [6.45, 7) is 3.20. The first kappa shape index (κ1) is 17.9. The number of nitrogens with zero attached hydrogens (tertiary/aromatic N) is 5. The van der Waals surface area contributed by atoms with E-state index in [0.717, 1.165) is 29.2 Å². The third kappa shape index (κ3) is 3.38. The lowest BCUT2D eigenvalue weighted by atomic mass is 9.96. The van der Waals surface area contributed by atoms with Crippen molar-refractivity contribution in [1.29, 1.82) is 0 Å². The molecular weight excluding hydrogens is 390 g/mol. The minimum Gasteiger partial charge on any atom is -0.472 e. The average molecular weight is 409 g/mol. The lowest BCUT2D eigenvalue weighted by Crippen LogP contribution is -2.37. The number of amides is 1. The largest absolute Gasteiger partial charge is 0.472 e. The van der Waals surface area contributed by atoms with Crippen LogP contribution >= 0.6 is 11.3 Å².